The van der Waals surface area contributed by atoms with Crippen LogP contribution < -0.4 is 56.5 Å². The second-order valence-electron chi connectivity index (χ2n) is 1.52. The predicted octanol–water partition coefficient (Wildman–Crippen LogP) is -3.16. The van der Waals surface area contributed by atoms with Crippen LogP contribution in [0, 0.1) is 0 Å². The van der Waals surface area contributed by atoms with Gasteiger partial charge in [-0.3, -0.25) is 4.98 Å². The Morgan fingerprint density at radius 1 is 1.27 bits per heavy atom. The Morgan fingerprint density at radius 2 is 1.64 bits per heavy atom. The van der Waals surface area contributed by atoms with E-state index in [2.05, 4.69) is 4.98 Å². The van der Waals surface area contributed by atoms with Crippen molar-refractivity contribution in [2.24, 2.45) is 0 Å². The minimum atomic E-state index is -1.08. The van der Waals surface area contributed by atoms with E-state index in [0.717, 1.165) is 6.92 Å². The van der Waals surface area contributed by atoms with E-state index in [9.17, 15) is 0 Å². The molecule has 1 heterocycles. The maximum Gasteiger partial charge on any atom is 1.00 e. The zero-order valence-corrected chi connectivity index (χ0v) is 9.77. The van der Waals surface area contributed by atoms with Crippen LogP contribution in [0.15, 0.2) is 30.6 Å². The van der Waals surface area contributed by atoms with Crippen molar-refractivity contribution in [1.82, 2.24) is 4.98 Å². The van der Waals surface area contributed by atoms with Gasteiger partial charge in [-0.25, -0.2) is 0 Å². The van der Waals surface area contributed by atoms with Gasteiger partial charge in [0.05, 0.1) is 0 Å². The van der Waals surface area contributed by atoms with Crippen molar-refractivity contribution in [2.45, 2.75) is 6.92 Å². The van der Waals surface area contributed by atoms with E-state index in [1.807, 2.05) is 18.2 Å². The van der Waals surface area contributed by atoms with Gasteiger partial charge >= 0.3 is 51.4 Å². The molecule has 0 amide bonds. The smallest absolute Gasteiger partial charge is 0.550 e. The van der Waals surface area contributed by atoms with E-state index in [1.165, 1.54) is 0 Å². The molecule has 4 heteroatoms. The van der Waals surface area contributed by atoms with Crippen LogP contribution >= 0.6 is 0 Å². The third kappa shape index (κ3) is 17.9. The summed E-state index contributed by atoms with van der Waals surface area (Å²) in [7, 11) is 0. The molecule has 0 fully saturated rings. The molecule has 0 aliphatic carbocycles. The zero-order valence-electron chi connectivity index (χ0n) is 6.65. The van der Waals surface area contributed by atoms with Crippen LogP contribution in [-0.2, 0) is 4.79 Å². The summed E-state index contributed by atoms with van der Waals surface area (Å²) in [5.74, 6) is -1.08. The Morgan fingerprint density at radius 3 is 1.73 bits per heavy atom. The summed E-state index contributed by atoms with van der Waals surface area (Å²) in [6.07, 6.45) is 3.50. The first-order valence-electron chi connectivity index (χ1n) is 2.76. The summed E-state index contributed by atoms with van der Waals surface area (Å²) in [6.45, 7) is 0.972. The van der Waals surface area contributed by atoms with Gasteiger partial charge in [0.15, 0.2) is 0 Å². The summed E-state index contributed by atoms with van der Waals surface area (Å²) in [4.78, 5) is 12.7. The largest absolute Gasteiger partial charge is 1.00 e. The summed E-state index contributed by atoms with van der Waals surface area (Å²) >= 11 is 0. The fourth-order valence-corrected chi connectivity index (χ4v) is 0.313. The first-order valence-corrected chi connectivity index (χ1v) is 2.76. The number of carboxylic acids is 1. The molecule has 0 aliphatic rings. The van der Waals surface area contributed by atoms with Crippen LogP contribution in [0.2, 0.25) is 0 Å². The topological polar surface area (TPSA) is 53.0 Å². The molecule has 0 aliphatic heterocycles. The molecular formula is C7H8KNO2. The van der Waals surface area contributed by atoms with Crippen molar-refractivity contribution in [3.63, 3.8) is 0 Å². The number of carboxylic acid groups (broad SMARTS) is 1. The van der Waals surface area contributed by atoms with Gasteiger partial charge in [-0.1, -0.05) is 6.07 Å². The molecular weight excluding hydrogens is 169 g/mol. The number of hydrogen-bond acceptors (Lipinski definition) is 3. The molecule has 0 bridgehead atoms. The molecule has 0 radical (unpaired) electrons. The van der Waals surface area contributed by atoms with Crippen molar-refractivity contribution in [3.05, 3.63) is 30.6 Å². The van der Waals surface area contributed by atoms with Gasteiger partial charge in [-0.15, -0.1) is 0 Å². The second kappa shape index (κ2) is 10.3. The molecule has 11 heavy (non-hydrogen) atoms. The zero-order chi connectivity index (χ0) is 7.82. The number of nitrogens with zero attached hydrogens (tertiary/aromatic N) is 1. The Kier molecular flexibility index (Phi) is 12.9. The van der Waals surface area contributed by atoms with Crippen LogP contribution in [0.25, 0.3) is 0 Å². The third-order valence-corrected chi connectivity index (χ3v) is 0.566. The van der Waals surface area contributed by atoms with Crippen molar-refractivity contribution in [1.29, 1.82) is 0 Å². The molecule has 0 aromatic carbocycles. The standard InChI is InChI=1S/C5H5N.C2H4O2.K/c1-2-4-6-5-3-1;1-2(3)4;/h1-5H;1H3,(H,3,4);/q;;+1/p-1. The number of rotatable bonds is 0. The quantitative estimate of drug-likeness (QED) is 0.393. The normalized spacial score (nSPS) is 6.64. The Balaban J connectivity index is 0. The first-order chi connectivity index (χ1) is 4.73. The summed E-state index contributed by atoms with van der Waals surface area (Å²) in [6, 6.07) is 5.72. The van der Waals surface area contributed by atoms with E-state index in [4.69, 9.17) is 9.90 Å². The molecule has 54 valence electrons. The van der Waals surface area contributed by atoms with Crippen molar-refractivity contribution >= 4 is 5.97 Å². The fraction of sp³-hybridized carbons (Fsp3) is 0.143. The molecule has 0 saturated carbocycles. The SMILES string of the molecule is CC(=O)[O-].[K+].c1ccncc1. The van der Waals surface area contributed by atoms with Crippen LogP contribution in [0.4, 0.5) is 0 Å². The van der Waals surface area contributed by atoms with Crippen LogP contribution in [0.5, 0.6) is 0 Å². The van der Waals surface area contributed by atoms with Crippen molar-refractivity contribution in [3.8, 4) is 0 Å². The maximum atomic E-state index is 8.89. The van der Waals surface area contributed by atoms with E-state index < -0.39 is 5.97 Å². The Labute approximate surface area is 108 Å². The minimum absolute atomic E-state index is 0. The molecule has 1 aromatic rings. The minimum Gasteiger partial charge on any atom is -0.550 e. The van der Waals surface area contributed by atoms with Gasteiger partial charge in [0.2, 0.25) is 0 Å². The maximum absolute atomic E-state index is 8.89. The van der Waals surface area contributed by atoms with Crippen molar-refractivity contribution in [2.75, 3.05) is 0 Å². The summed E-state index contributed by atoms with van der Waals surface area (Å²) in [5, 5.41) is 8.89. The number of pyridine rings is 1. The molecule has 0 N–H and O–H groups in total. The second-order valence-corrected chi connectivity index (χ2v) is 1.52. The van der Waals surface area contributed by atoms with Crippen molar-refractivity contribution < 1.29 is 61.3 Å². The average Bonchev–Trinajstić information content (AvgIpc) is 1.90. The summed E-state index contributed by atoms with van der Waals surface area (Å²) in [5.41, 5.74) is 0. The average molecular weight is 177 g/mol. The first kappa shape index (κ1) is 13.8. The molecule has 0 spiro atoms. The van der Waals surface area contributed by atoms with Gasteiger partial charge in [-0.2, -0.15) is 0 Å². The molecule has 0 saturated heterocycles. The number of aromatic nitrogens is 1. The third-order valence-electron chi connectivity index (χ3n) is 0.566. The van der Waals surface area contributed by atoms with Gasteiger partial charge < -0.3 is 9.90 Å². The number of aliphatic carboxylic acids is 1. The number of carbonyl (C=O) groups excluding carboxylic acids is 1. The van der Waals surface area contributed by atoms with E-state index in [1.54, 1.807) is 12.4 Å². The molecule has 3 nitrogen and oxygen atoms in total. The predicted molar refractivity (Wildman–Crippen MR) is 34.9 cm³/mol. The molecule has 1 rings (SSSR count). The molecule has 1 aromatic heterocycles. The van der Waals surface area contributed by atoms with Gasteiger partial charge in [0.1, 0.15) is 0 Å². The van der Waals surface area contributed by atoms with Gasteiger partial charge in [0, 0.05) is 18.4 Å². The summed E-state index contributed by atoms with van der Waals surface area (Å²) < 4.78 is 0. The van der Waals surface area contributed by atoms with E-state index in [0.29, 0.717) is 0 Å². The van der Waals surface area contributed by atoms with Crippen LogP contribution in [-0.4, -0.2) is 11.0 Å². The Hall–Kier alpha value is 0.256. The van der Waals surface area contributed by atoms with Gasteiger partial charge in [-0.05, 0) is 19.1 Å². The van der Waals surface area contributed by atoms with E-state index >= 15 is 0 Å². The van der Waals surface area contributed by atoms with E-state index in [-0.39, 0.29) is 51.4 Å². The molecule has 0 atom stereocenters. The monoisotopic (exact) mass is 177 g/mol. The fourth-order valence-electron chi connectivity index (χ4n) is 0.313. The van der Waals surface area contributed by atoms with Crippen LogP contribution in [0.3, 0.4) is 0 Å². The van der Waals surface area contributed by atoms with Gasteiger partial charge in [0.25, 0.3) is 0 Å². The van der Waals surface area contributed by atoms with Crippen LogP contribution in [0.1, 0.15) is 6.92 Å². The number of hydrogen-bond donors (Lipinski definition) is 0. The molecule has 0 unspecified atom stereocenters. The number of carbonyl (C=O) groups is 1. The Bertz CT molecular complexity index is 148.